The summed E-state index contributed by atoms with van der Waals surface area (Å²) in [6.07, 6.45) is 4.51. The van der Waals surface area contributed by atoms with Crippen LogP contribution in [-0.2, 0) is 6.42 Å². The van der Waals surface area contributed by atoms with Crippen LogP contribution in [0.15, 0.2) is 28.8 Å². The number of nitrogens with two attached hydrogens (primary N) is 1. The Morgan fingerprint density at radius 1 is 1.25 bits per heavy atom. The molecule has 0 saturated heterocycles. The largest absolute Gasteiger partial charge is 0.339 e. The highest BCUT2D eigenvalue weighted by atomic mass is 19.1. The second-order valence-electron chi connectivity index (χ2n) is 5.47. The van der Waals surface area contributed by atoms with Crippen molar-refractivity contribution in [1.29, 1.82) is 0 Å². The molecule has 1 heterocycles. The van der Waals surface area contributed by atoms with Gasteiger partial charge in [0.1, 0.15) is 5.82 Å². The summed E-state index contributed by atoms with van der Waals surface area (Å²) in [6, 6.07) is 6.78. The minimum atomic E-state index is -0.243. The smallest absolute Gasteiger partial charge is 0.229 e. The van der Waals surface area contributed by atoms with Crippen LogP contribution in [-0.4, -0.2) is 16.2 Å². The van der Waals surface area contributed by atoms with E-state index in [4.69, 9.17) is 10.3 Å². The Balaban J connectivity index is 1.67. The highest BCUT2D eigenvalue weighted by Gasteiger charge is 2.24. The summed E-state index contributed by atoms with van der Waals surface area (Å²) in [5.74, 6) is 1.39. The fourth-order valence-corrected chi connectivity index (χ4v) is 2.70. The molecule has 1 aromatic heterocycles. The van der Waals surface area contributed by atoms with Gasteiger partial charge in [-0.15, -0.1) is 0 Å². The Labute approximate surface area is 117 Å². The van der Waals surface area contributed by atoms with Crippen molar-refractivity contribution in [3.8, 4) is 0 Å². The van der Waals surface area contributed by atoms with E-state index in [1.54, 1.807) is 6.07 Å². The first-order valence-corrected chi connectivity index (χ1v) is 7.03. The van der Waals surface area contributed by atoms with Crippen molar-refractivity contribution in [3.63, 3.8) is 0 Å². The molecule has 2 aromatic rings. The molecule has 0 atom stereocenters. The predicted molar refractivity (Wildman–Crippen MR) is 72.7 cm³/mol. The Hall–Kier alpha value is -1.75. The maximum absolute atomic E-state index is 13.1. The van der Waals surface area contributed by atoms with Crippen LogP contribution in [0.1, 0.15) is 48.9 Å². The molecule has 1 fully saturated rings. The van der Waals surface area contributed by atoms with Crippen molar-refractivity contribution in [2.45, 2.75) is 44.1 Å². The molecule has 0 spiro atoms. The third-order valence-electron chi connectivity index (χ3n) is 3.86. The maximum atomic E-state index is 13.1. The van der Waals surface area contributed by atoms with Crippen molar-refractivity contribution in [1.82, 2.24) is 10.1 Å². The summed E-state index contributed by atoms with van der Waals surface area (Å²) in [5.41, 5.74) is 6.74. The van der Waals surface area contributed by atoms with E-state index in [9.17, 15) is 4.39 Å². The van der Waals surface area contributed by atoms with Crippen LogP contribution in [0.2, 0.25) is 0 Å². The number of nitrogens with zero attached hydrogens (tertiary/aromatic N) is 2. The predicted octanol–water partition coefficient (Wildman–Crippen LogP) is 2.78. The van der Waals surface area contributed by atoms with Gasteiger partial charge in [0, 0.05) is 18.4 Å². The van der Waals surface area contributed by atoms with Crippen molar-refractivity contribution in [3.05, 3.63) is 47.4 Å². The maximum Gasteiger partial charge on any atom is 0.229 e. The van der Waals surface area contributed by atoms with Crippen LogP contribution in [0, 0.1) is 5.82 Å². The minimum absolute atomic E-state index is 0.243. The topological polar surface area (TPSA) is 64.9 Å². The van der Waals surface area contributed by atoms with Gasteiger partial charge in [0.15, 0.2) is 5.82 Å². The second-order valence-corrected chi connectivity index (χ2v) is 5.47. The van der Waals surface area contributed by atoms with Gasteiger partial charge in [-0.05, 0) is 43.4 Å². The fourth-order valence-electron chi connectivity index (χ4n) is 2.70. The van der Waals surface area contributed by atoms with E-state index < -0.39 is 0 Å². The first kappa shape index (κ1) is 13.2. The lowest BCUT2D eigenvalue weighted by Gasteiger charge is -2.22. The van der Waals surface area contributed by atoms with Crippen molar-refractivity contribution in [2.75, 3.05) is 0 Å². The quantitative estimate of drug-likeness (QED) is 0.935. The van der Waals surface area contributed by atoms with E-state index in [0.717, 1.165) is 31.2 Å². The summed E-state index contributed by atoms with van der Waals surface area (Å²) >= 11 is 0. The number of aromatic nitrogens is 2. The van der Waals surface area contributed by atoms with Crippen LogP contribution >= 0.6 is 0 Å². The van der Waals surface area contributed by atoms with Crippen molar-refractivity contribution in [2.24, 2.45) is 5.73 Å². The third kappa shape index (κ3) is 3.04. The standard InChI is InChI=1S/C15H18FN3O/c16-12-3-1-2-10(8-12)9-14-18-15(20-19-14)11-4-6-13(17)7-5-11/h1-3,8,11,13H,4-7,9,17H2. The Kier molecular flexibility index (Phi) is 3.78. The van der Waals surface area contributed by atoms with Gasteiger partial charge < -0.3 is 10.3 Å². The SMILES string of the molecule is NC1CCC(c2nc(Cc3cccc(F)c3)no2)CC1. The molecular formula is C15H18FN3O. The summed E-state index contributed by atoms with van der Waals surface area (Å²) in [4.78, 5) is 4.44. The van der Waals surface area contributed by atoms with E-state index in [-0.39, 0.29) is 5.82 Å². The molecule has 20 heavy (non-hydrogen) atoms. The number of halogens is 1. The molecule has 3 rings (SSSR count). The molecule has 5 heteroatoms. The molecule has 0 radical (unpaired) electrons. The van der Waals surface area contributed by atoms with Crippen LogP contribution < -0.4 is 5.73 Å². The van der Waals surface area contributed by atoms with E-state index in [0.29, 0.717) is 30.1 Å². The number of hydrogen-bond acceptors (Lipinski definition) is 4. The molecule has 0 aliphatic heterocycles. The van der Waals surface area contributed by atoms with Gasteiger partial charge in [-0.25, -0.2) is 4.39 Å². The van der Waals surface area contributed by atoms with E-state index in [2.05, 4.69) is 10.1 Å². The monoisotopic (exact) mass is 275 g/mol. The van der Waals surface area contributed by atoms with Crippen LogP contribution in [0.4, 0.5) is 4.39 Å². The average molecular weight is 275 g/mol. The summed E-state index contributed by atoms with van der Waals surface area (Å²) in [7, 11) is 0. The number of hydrogen-bond donors (Lipinski definition) is 1. The molecular weight excluding hydrogens is 257 g/mol. The van der Waals surface area contributed by atoms with Crippen molar-refractivity contribution >= 4 is 0 Å². The van der Waals surface area contributed by atoms with Gasteiger partial charge >= 0.3 is 0 Å². The molecule has 4 nitrogen and oxygen atoms in total. The Morgan fingerprint density at radius 3 is 2.80 bits per heavy atom. The first-order chi connectivity index (χ1) is 9.70. The molecule has 106 valence electrons. The third-order valence-corrected chi connectivity index (χ3v) is 3.86. The van der Waals surface area contributed by atoms with E-state index >= 15 is 0 Å². The second kappa shape index (κ2) is 5.71. The zero-order valence-electron chi connectivity index (χ0n) is 11.3. The molecule has 1 aliphatic rings. The highest BCUT2D eigenvalue weighted by molar-refractivity contribution is 5.19. The zero-order chi connectivity index (χ0) is 13.9. The molecule has 1 aromatic carbocycles. The summed E-state index contributed by atoms with van der Waals surface area (Å²) in [5, 5.41) is 4.00. The molecule has 0 unspecified atom stereocenters. The fraction of sp³-hybridized carbons (Fsp3) is 0.467. The van der Waals surface area contributed by atoms with Gasteiger partial charge in [0.05, 0.1) is 0 Å². The van der Waals surface area contributed by atoms with E-state index in [1.807, 2.05) is 6.07 Å². The van der Waals surface area contributed by atoms with Gasteiger partial charge in [-0.3, -0.25) is 0 Å². The molecule has 0 bridgehead atoms. The first-order valence-electron chi connectivity index (χ1n) is 7.03. The normalized spacial score (nSPS) is 22.9. The molecule has 1 aliphatic carbocycles. The zero-order valence-corrected chi connectivity index (χ0v) is 11.3. The molecule has 0 amide bonds. The lowest BCUT2D eigenvalue weighted by Crippen LogP contribution is -2.25. The Bertz CT molecular complexity index is 576. The number of rotatable bonds is 3. The van der Waals surface area contributed by atoms with Crippen molar-refractivity contribution < 1.29 is 8.91 Å². The highest BCUT2D eigenvalue weighted by Crippen LogP contribution is 2.31. The average Bonchev–Trinajstić information content (AvgIpc) is 2.88. The Morgan fingerprint density at radius 2 is 2.05 bits per heavy atom. The van der Waals surface area contributed by atoms with Crippen LogP contribution in [0.25, 0.3) is 0 Å². The molecule has 2 N–H and O–H groups in total. The summed E-state index contributed by atoms with van der Waals surface area (Å²) < 4.78 is 18.5. The number of benzene rings is 1. The molecule has 1 saturated carbocycles. The van der Waals surface area contributed by atoms with E-state index in [1.165, 1.54) is 12.1 Å². The lowest BCUT2D eigenvalue weighted by molar-refractivity contribution is 0.300. The van der Waals surface area contributed by atoms with Crippen LogP contribution in [0.5, 0.6) is 0 Å². The van der Waals surface area contributed by atoms with Gasteiger partial charge in [-0.2, -0.15) is 4.98 Å². The van der Waals surface area contributed by atoms with Gasteiger partial charge in [-0.1, -0.05) is 17.3 Å². The summed E-state index contributed by atoms with van der Waals surface area (Å²) in [6.45, 7) is 0. The van der Waals surface area contributed by atoms with Gasteiger partial charge in [0.25, 0.3) is 0 Å². The van der Waals surface area contributed by atoms with Gasteiger partial charge in [0.2, 0.25) is 5.89 Å². The minimum Gasteiger partial charge on any atom is -0.339 e. The van der Waals surface area contributed by atoms with Crippen LogP contribution in [0.3, 0.4) is 0 Å². The lowest BCUT2D eigenvalue weighted by atomic mass is 9.86.